The van der Waals surface area contributed by atoms with Crippen LogP contribution in [0.4, 0.5) is 18.9 Å². The highest BCUT2D eigenvalue weighted by molar-refractivity contribution is 6.11. The quantitative estimate of drug-likeness (QED) is 0.211. The summed E-state index contributed by atoms with van der Waals surface area (Å²) in [5.41, 5.74) is 2.24. The Morgan fingerprint density at radius 3 is 2.46 bits per heavy atom. The second kappa shape index (κ2) is 13.3. The van der Waals surface area contributed by atoms with E-state index in [0.29, 0.717) is 29.7 Å². The predicted molar refractivity (Wildman–Crippen MR) is 167 cm³/mol. The van der Waals surface area contributed by atoms with E-state index in [1.165, 1.54) is 21.9 Å². The van der Waals surface area contributed by atoms with Crippen LogP contribution in [0.1, 0.15) is 56.4 Å². The maximum absolute atomic E-state index is 14.8. The second-order valence-electron chi connectivity index (χ2n) is 11.9. The molecule has 2 aromatic heterocycles. The number of pyridine rings is 2. The summed E-state index contributed by atoms with van der Waals surface area (Å²) in [5, 5.41) is 2.74. The molecule has 6 rings (SSSR count). The molecule has 0 spiro atoms. The Morgan fingerprint density at radius 2 is 1.71 bits per heavy atom. The lowest BCUT2D eigenvalue weighted by Crippen LogP contribution is -2.45. The first kappa shape index (κ1) is 32.4. The number of nitrogens with zero attached hydrogens (tertiary/aromatic N) is 4. The fraction of sp³-hybridized carbons (Fsp3) is 0.257. The molecule has 13 heteroatoms. The molecule has 246 valence electrons. The molecule has 1 aliphatic heterocycles. The average molecular weight is 658 g/mol. The van der Waals surface area contributed by atoms with Gasteiger partial charge in [0.2, 0.25) is 11.9 Å². The fourth-order valence-corrected chi connectivity index (χ4v) is 5.92. The lowest BCUT2D eigenvalue weighted by molar-refractivity contribution is -0.122. The van der Waals surface area contributed by atoms with Gasteiger partial charge in [-0.25, -0.2) is 18.6 Å². The van der Waals surface area contributed by atoms with Crippen molar-refractivity contribution in [1.29, 1.82) is 0 Å². The van der Waals surface area contributed by atoms with Gasteiger partial charge in [0, 0.05) is 44.3 Å². The molecule has 3 amide bonds. The van der Waals surface area contributed by atoms with Crippen LogP contribution in [-0.4, -0.2) is 64.3 Å². The molecule has 0 radical (unpaired) electrons. The monoisotopic (exact) mass is 657 g/mol. The van der Waals surface area contributed by atoms with Gasteiger partial charge in [0.05, 0.1) is 11.3 Å². The van der Waals surface area contributed by atoms with Gasteiger partial charge >= 0.3 is 5.97 Å². The van der Waals surface area contributed by atoms with Crippen molar-refractivity contribution < 1.29 is 37.1 Å². The zero-order chi connectivity index (χ0) is 34.1. The molecule has 2 aliphatic rings. The molecule has 3 heterocycles. The number of hydrogen-bond acceptors (Lipinski definition) is 7. The normalized spacial score (nSPS) is 18.9. The van der Waals surface area contributed by atoms with Gasteiger partial charge in [-0.15, -0.1) is 0 Å². The molecular formula is C35H30F3N5O5. The number of anilines is 1. The Hall–Kier alpha value is -5.59. The van der Waals surface area contributed by atoms with Crippen LogP contribution in [0.2, 0.25) is 0 Å². The van der Waals surface area contributed by atoms with E-state index < -0.39 is 53.1 Å². The number of amides is 3. The van der Waals surface area contributed by atoms with Crippen LogP contribution in [-0.2, 0) is 16.1 Å². The molecule has 1 aliphatic carbocycles. The van der Waals surface area contributed by atoms with E-state index in [-0.39, 0.29) is 30.5 Å². The molecule has 1 N–H and O–H groups in total. The van der Waals surface area contributed by atoms with Gasteiger partial charge in [0.1, 0.15) is 23.5 Å². The van der Waals surface area contributed by atoms with Crippen LogP contribution in [0.3, 0.4) is 0 Å². The van der Waals surface area contributed by atoms with Crippen molar-refractivity contribution in [3.8, 4) is 11.1 Å². The van der Waals surface area contributed by atoms with Crippen molar-refractivity contribution in [2.75, 3.05) is 18.5 Å². The van der Waals surface area contributed by atoms with Crippen LogP contribution in [0.5, 0.6) is 0 Å². The third-order valence-electron chi connectivity index (χ3n) is 8.68. The van der Waals surface area contributed by atoms with Gasteiger partial charge < -0.3 is 19.9 Å². The lowest BCUT2D eigenvalue weighted by atomic mass is 9.82. The Bertz CT molecular complexity index is 1920. The minimum absolute atomic E-state index is 0.0308. The molecule has 2 aromatic carbocycles. The first-order valence-electron chi connectivity index (χ1n) is 15.2. The number of hydrogen-bond donors (Lipinski definition) is 1. The molecule has 48 heavy (non-hydrogen) atoms. The highest BCUT2D eigenvalue weighted by Gasteiger charge is 2.36. The van der Waals surface area contributed by atoms with Crippen molar-refractivity contribution in [3.63, 3.8) is 0 Å². The van der Waals surface area contributed by atoms with Crippen LogP contribution < -0.4 is 10.2 Å². The van der Waals surface area contributed by atoms with E-state index in [4.69, 9.17) is 4.74 Å². The summed E-state index contributed by atoms with van der Waals surface area (Å²) in [6.45, 7) is 1.69. The topological polar surface area (TPSA) is 122 Å². The summed E-state index contributed by atoms with van der Waals surface area (Å²) < 4.78 is 47.1. The molecule has 1 atom stereocenters. The number of benzene rings is 2. The largest absolute Gasteiger partial charge is 0.459 e. The van der Waals surface area contributed by atoms with Gasteiger partial charge in [0.15, 0.2) is 5.82 Å². The smallest absolute Gasteiger partial charge is 0.341 e. The van der Waals surface area contributed by atoms with E-state index in [1.54, 1.807) is 44.6 Å². The molecule has 0 saturated heterocycles. The molecule has 0 bridgehead atoms. The first-order valence-corrected chi connectivity index (χ1v) is 15.2. The summed E-state index contributed by atoms with van der Waals surface area (Å²) in [5.74, 6) is -5.81. The van der Waals surface area contributed by atoms with E-state index in [9.17, 15) is 32.3 Å². The van der Waals surface area contributed by atoms with E-state index in [1.807, 2.05) is 12.1 Å². The minimum atomic E-state index is -1.39. The summed E-state index contributed by atoms with van der Waals surface area (Å²) in [6, 6.07) is 12.8. The number of carbonyl (C=O) groups is 4. The van der Waals surface area contributed by atoms with E-state index in [2.05, 4.69) is 15.3 Å². The Balaban J connectivity index is 1.10. The van der Waals surface area contributed by atoms with E-state index in [0.717, 1.165) is 29.5 Å². The lowest BCUT2D eigenvalue weighted by Gasteiger charge is -2.34. The molecule has 4 aromatic rings. The minimum Gasteiger partial charge on any atom is -0.459 e. The maximum atomic E-state index is 14.8. The molecule has 10 nitrogen and oxygen atoms in total. The number of ether oxygens (including phenoxy) is 1. The van der Waals surface area contributed by atoms with Crippen LogP contribution in [0.15, 0.2) is 73.2 Å². The number of esters is 1. The molecule has 1 saturated carbocycles. The van der Waals surface area contributed by atoms with Gasteiger partial charge in [0.25, 0.3) is 11.8 Å². The number of rotatable bonds is 8. The Kier molecular flexibility index (Phi) is 8.94. The number of nitrogens with one attached hydrogen (secondary N) is 1. The second-order valence-corrected chi connectivity index (χ2v) is 11.9. The molecule has 0 unspecified atom stereocenters. The molecular weight excluding hydrogens is 627 g/mol. The first-order chi connectivity index (χ1) is 23.0. The summed E-state index contributed by atoms with van der Waals surface area (Å²) in [4.78, 5) is 62.4. The summed E-state index contributed by atoms with van der Waals surface area (Å²) in [6.07, 6.45) is 4.52. The van der Waals surface area contributed by atoms with Crippen molar-refractivity contribution in [2.24, 2.45) is 5.92 Å². The van der Waals surface area contributed by atoms with Crippen LogP contribution in [0.25, 0.3) is 11.1 Å². The van der Waals surface area contributed by atoms with E-state index >= 15 is 0 Å². The molecule has 1 fully saturated rings. The van der Waals surface area contributed by atoms with Gasteiger partial charge in [-0.3, -0.25) is 19.4 Å². The van der Waals surface area contributed by atoms with Crippen LogP contribution in [0, 0.1) is 23.5 Å². The fourth-order valence-electron chi connectivity index (χ4n) is 5.92. The Labute approximate surface area is 273 Å². The van der Waals surface area contributed by atoms with Gasteiger partial charge in [-0.1, -0.05) is 6.07 Å². The third kappa shape index (κ3) is 6.48. The summed E-state index contributed by atoms with van der Waals surface area (Å²) in [7, 11) is 1.60. The average Bonchev–Trinajstić information content (AvgIpc) is 3.13. The number of likely N-dealkylation sites (N-methyl/N-ethyl adjacent to an activating group) is 1. The SMILES string of the molecule is C[C@@H]1C(=O)N(C)c2cc(-c3ccncc3)ccc2C(=O)N1Cc1cc(F)cc(C(=O)NCC2CC(OC(=O)c3ccnc(F)c3F)C2)c1. The number of halogens is 3. The number of fused-ring (bicyclic) bond motifs is 1. The van der Waals surface area contributed by atoms with Crippen molar-refractivity contribution in [3.05, 3.63) is 113 Å². The van der Waals surface area contributed by atoms with Crippen LogP contribution >= 0.6 is 0 Å². The van der Waals surface area contributed by atoms with Crippen molar-refractivity contribution in [2.45, 2.75) is 38.5 Å². The number of carbonyl (C=O) groups excluding carboxylic acids is 4. The highest BCUT2D eigenvalue weighted by atomic mass is 19.2. The third-order valence-corrected chi connectivity index (χ3v) is 8.68. The maximum Gasteiger partial charge on any atom is 0.341 e. The van der Waals surface area contributed by atoms with Gasteiger partial charge in [-0.05, 0) is 90.9 Å². The summed E-state index contributed by atoms with van der Waals surface area (Å²) >= 11 is 0. The zero-order valence-electron chi connectivity index (χ0n) is 26.0. The van der Waals surface area contributed by atoms with Crippen molar-refractivity contribution in [1.82, 2.24) is 20.2 Å². The zero-order valence-corrected chi connectivity index (χ0v) is 26.0. The Morgan fingerprint density at radius 1 is 0.958 bits per heavy atom. The number of aromatic nitrogens is 2. The highest BCUT2D eigenvalue weighted by Crippen LogP contribution is 2.33. The van der Waals surface area contributed by atoms with Crippen molar-refractivity contribution >= 4 is 29.4 Å². The van der Waals surface area contributed by atoms with Gasteiger partial charge in [-0.2, -0.15) is 4.39 Å². The predicted octanol–water partition coefficient (Wildman–Crippen LogP) is 4.93. The standard InChI is InChI=1S/C35H30F3N5O5/c1-19-33(45)42(2)29-16-23(22-5-8-39-9-6-22)3-4-27(29)34(46)43(19)18-21-11-24(15-25(36)12-21)32(44)41-17-20-13-26(14-20)48-35(47)28-7-10-40-31(38)30(28)37/h3-12,15-16,19-20,26H,13-14,17-18H2,1-2H3,(H,41,44)/t19-,20?,26?/m1/s1.